The summed E-state index contributed by atoms with van der Waals surface area (Å²) in [7, 11) is 1.37. The highest BCUT2D eigenvalue weighted by Crippen LogP contribution is 2.51. The molecule has 2 aliphatic heterocycles. The van der Waals surface area contributed by atoms with Crippen LogP contribution in [0.5, 0.6) is 17.6 Å². The summed E-state index contributed by atoms with van der Waals surface area (Å²) in [6.07, 6.45) is 4.07. The Hall–Kier alpha value is -4.48. The fourth-order valence-electron chi connectivity index (χ4n) is 8.39. The van der Waals surface area contributed by atoms with Gasteiger partial charge in [0.25, 0.3) is 0 Å². The zero-order valence-electron chi connectivity index (χ0n) is 29.6. The number of benzene rings is 2. The molecule has 4 aliphatic rings. The zero-order chi connectivity index (χ0) is 37.2. The van der Waals surface area contributed by atoms with Crippen molar-refractivity contribution in [3.63, 3.8) is 0 Å². The molecule has 4 fully saturated rings. The van der Waals surface area contributed by atoms with Gasteiger partial charge in [-0.3, -0.25) is 0 Å². The Bertz CT molecular complexity index is 2110. The first-order valence-electron chi connectivity index (χ1n) is 18.1. The summed E-state index contributed by atoms with van der Waals surface area (Å²) in [5, 5.41) is 14.8. The van der Waals surface area contributed by atoms with E-state index in [4.69, 9.17) is 20.9 Å². The van der Waals surface area contributed by atoms with Crippen molar-refractivity contribution >= 4 is 27.5 Å². The molecule has 0 amide bonds. The Labute approximate surface area is 303 Å². The van der Waals surface area contributed by atoms with Gasteiger partial charge in [0.05, 0.1) is 19.3 Å². The van der Waals surface area contributed by atoms with Gasteiger partial charge in [0.2, 0.25) is 5.88 Å². The first-order chi connectivity index (χ1) is 25.3. The SMILES string of the molecule is C#Cc1c(F)ccc2cc(O)cc(-c3nc(OC)c4c(N5CC(C)NC(CCCC(F)(F)F)C5)nc(OCC5(CN6CC7CC7C6)CC5)nc4c3F)c12. The van der Waals surface area contributed by atoms with Crippen LogP contribution in [0.1, 0.15) is 51.0 Å². The number of alkyl halides is 3. The average Bonchev–Trinajstić information content (AvgIpc) is 4.02. The number of fused-ring (bicyclic) bond motifs is 3. The molecule has 4 heterocycles. The first-order valence-corrected chi connectivity index (χ1v) is 18.1. The predicted octanol–water partition coefficient (Wildman–Crippen LogP) is 6.83. The molecule has 0 radical (unpaired) electrons. The number of phenols is 1. The van der Waals surface area contributed by atoms with Crippen molar-refractivity contribution in [1.29, 1.82) is 0 Å². The van der Waals surface area contributed by atoms with Gasteiger partial charge in [-0.05, 0) is 74.4 Å². The highest BCUT2D eigenvalue weighted by Gasteiger charge is 2.51. The molecule has 2 aromatic carbocycles. The first kappa shape index (κ1) is 35.5. The molecule has 14 heteroatoms. The lowest BCUT2D eigenvalue weighted by Crippen LogP contribution is -2.55. The van der Waals surface area contributed by atoms with Crippen LogP contribution in [0.25, 0.3) is 32.9 Å². The van der Waals surface area contributed by atoms with Gasteiger partial charge in [-0.2, -0.15) is 23.1 Å². The van der Waals surface area contributed by atoms with Crippen LogP contribution >= 0.6 is 0 Å². The Kier molecular flexibility index (Phi) is 9.00. The maximum absolute atomic E-state index is 17.2. The van der Waals surface area contributed by atoms with E-state index in [2.05, 4.69) is 26.1 Å². The van der Waals surface area contributed by atoms with Crippen molar-refractivity contribution in [2.75, 3.05) is 51.3 Å². The molecule has 0 bridgehead atoms. The minimum absolute atomic E-state index is 0.0360. The van der Waals surface area contributed by atoms with Crippen LogP contribution in [-0.4, -0.2) is 89.7 Å². The summed E-state index contributed by atoms with van der Waals surface area (Å²) in [5.41, 5.74) is -0.599. The number of terminal acetylenes is 1. The van der Waals surface area contributed by atoms with Gasteiger partial charge < -0.3 is 29.7 Å². The van der Waals surface area contributed by atoms with E-state index in [0.717, 1.165) is 44.3 Å². The van der Waals surface area contributed by atoms with Gasteiger partial charge in [-0.15, -0.1) is 6.42 Å². The van der Waals surface area contributed by atoms with E-state index in [1.54, 1.807) is 0 Å². The molecule has 280 valence electrons. The van der Waals surface area contributed by atoms with Crippen LogP contribution in [0, 0.1) is 41.2 Å². The van der Waals surface area contributed by atoms with Crippen LogP contribution < -0.4 is 19.7 Å². The number of likely N-dealkylation sites (tertiary alicyclic amines) is 1. The number of nitrogens with zero attached hydrogens (tertiary/aromatic N) is 5. The zero-order valence-corrected chi connectivity index (χ0v) is 29.6. The van der Waals surface area contributed by atoms with Gasteiger partial charge >= 0.3 is 12.2 Å². The quantitative estimate of drug-likeness (QED) is 0.127. The third kappa shape index (κ3) is 7.13. The number of anilines is 1. The number of halogens is 5. The van der Waals surface area contributed by atoms with Crippen LogP contribution in [-0.2, 0) is 0 Å². The molecular formula is C39H41F5N6O3. The number of rotatable bonds is 11. The molecule has 4 aromatic rings. The molecule has 4 unspecified atom stereocenters. The number of nitrogens with one attached hydrogen (secondary N) is 1. The number of ether oxygens (including phenoxy) is 2. The molecule has 4 atom stereocenters. The molecule has 0 spiro atoms. The number of hydrogen-bond acceptors (Lipinski definition) is 9. The highest BCUT2D eigenvalue weighted by molar-refractivity contribution is 6.04. The number of aromatic nitrogens is 3. The van der Waals surface area contributed by atoms with Crippen molar-refractivity contribution in [2.45, 2.75) is 63.7 Å². The fourth-order valence-corrected chi connectivity index (χ4v) is 8.39. The molecule has 2 aromatic heterocycles. The third-order valence-corrected chi connectivity index (χ3v) is 11.2. The van der Waals surface area contributed by atoms with Gasteiger partial charge in [0.1, 0.15) is 34.0 Å². The minimum atomic E-state index is -4.26. The molecule has 53 heavy (non-hydrogen) atoms. The second-order valence-electron chi connectivity index (χ2n) is 15.4. The van der Waals surface area contributed by atoms with Crippen LogP contribution in [0.15, 0.2) is 24.3 Å². The number of hydrogen-bond donors (Lipinski definition) is 2. The number of phenolic OH excluding ortho intramolecular Hbond substituents is 1. The van der Waals surface area contributed by atoms with Gasteiger partial charge in [0.15, 0.2) is 5.82 Å². The van der Waals surface area contributed by atoms with E-state index in [-0.39, 0.29) is 93.5 Å². The van der Waals surface area contributed by atoms with Gasteiger partial charge in [-0.1, -0.05) is 12.0 Å². The molecular weight excluding hydrogens is 695 g/mol. The van der Waals surface area contributed by atoms with E-state index < -0.39 is 24.2 Å². The Morgan fingerprint density at radius 2 is 1.83 bits per heavy atom. The van der Waals surface area contributed by atoms with Crippen LogP contribution in [0.4, 0.5) is 27.8 Å². The molecule has 9 nitrogen and oxygen atoms in total. The Morgan fingerprint density at radius 1 is 1.06 bits per heavy atom. The molecule has 8 rings (SSSR count). The normalized spacial score (nSPS) is 23.6. The molecule has 2 saturated heterocycles. The summed E-state index contributed by atoms with van der Waals surface area (Å²) >= 11 is 0. The van der Waals surface area contributed by atoms with Crippen molar-refractivity contribution in [2.24, 2.45) is 17.3 Å². The number of pyridine rings is 1. The third-order valence-electron chi connectivity index (χ3n) is 11.2. The van der Waals surface area contributed by atoms with Crippen molar-refractivity contribution in [3.8, 4) is 41.2 Å². The number of piperidine rings is 1. The van der Waals surface area contributed by atoms with E-state index >= 15 is 8.78 Å². The number of aromatic hydroxyl groups is 1. The molecule has 2 N–H and O–H groups in total. The Balaban J connectivity index is 1.22. The van der Waals surface area contributed by atoms with Crippen LogP contribution in [0.3, 0.4) is 0 Å². The fraction of sp³-hybridized carbons (Fsp3) is 0.513. The van der Waals surface area contributed by atoms with Gasteiger partial charge in [-0.25, -0.2) is 13.8 Å². The van der Waals surface area contributed by atoms with Crippen molar-refractivity contribution < 1.29 is 36.5 Å². The van der Waals surface area contributed by atoms with E-state index in [9.17, 15) is 18.3 Å². The number of piperazine rings is 1. The summed E-state index contributed by atoms with van der Waals surface area (Å²) < 4.78 is 83.4. The maximum Gasteiger partial charge on any atom is 0.389 e. The topological polar surface area (TPSA) is 95.9 Å². The largest absolute Gasteiger partial charge is 0.508 e. The smallest absolute Gasteiger partial charge is 0.389 e. The van der Waals surface area contributed by atoms with E-state index in [0.29, 0.717) is 18.5 Å². The predicted molar refractivity (Wildman–Crippen MR) is 190 cm³/mol. The molecule has 2 aliphatic carbocycles. The summed E-state index contributed by atoms with van der Waals surface area (Å²) in [6, 6.07) is 4.77. The second kappa shape index (κ2) is 13.4. The minimum Gasteiger partial charge on any atom is -0.508 e. The summed E-state index contributed by atoms with van der Waals surface area (Å²) in [4.78, 5) is 18.4. The standard InChI is InChI=1S/C39H41F5N6O3/c1-4-27-29(40)8-7-22-13-26(51)14-28(30(22)27)33-32(41)34-31(36(46-33)52-3)35(50-15-21(2)45-25(18-50)6-5-9-39(42,43)44)48-37(47-34)53-20-38(10-11-38)19-49-16-23-12-24(23)17-49/h1,7-8,13-14,21,23-25,45,51H,5-6,9-12,15-20H2,2-3H3. The van der Waals surface area contributed by atoms with Crippen molar-refractivity contribution in [1.82, 2.24) is 25.2 Å². The average molecular weight is 737 g/mol. The summed E-state index contributed by atoms with van der Waals surface area (Å²) in [5.74, 6) is 2.38. The summed E-state index contributed by atoms with van der Waals surface area (Å²) in [6.45, 7) is 6.05. The highest BCUT2D eigenvalue weighted by atomic mass is 19.4. The van der Waals surface area contributed by atoms with Crippen LogP contribution in [0.2, 0.25) is 0 Å². The second-order valence-corrected chi connectivity index (χ2v) is 15.4. The Morgan fingerprint density at radius 3 is 2.53 bits per heavy atom. The monoisotopic (exact) mass is 736 g/mol. The van der Waals surface area contributed by atoms with E-state index in [1.165, 1.54) is 37.8 Å². The number of methoxy groups -OCH3 is 1. The lowest BCUT2D eigenvalue weighted by atomic mass is 9.95. The maximum atomic E-state index is 17.2. The molecule has 2 saturated carbocycles. The van der Waals surface area contributed by atoms with Crippen molar-refractivity contribution in [3.05, 3.63) is 41.5 Å². The lowest BCUT2D eigenvalue weighted by molar-refractivity contribution is -0.135. The van der Waals surface area contributed by atoms with E-state index in [1.807, 2.05) is 11.8 Å². The lowest BCUT2D eigenvalue weighted by Gasteiger charge is -2.39. The van der Waals surface area contributed by atoms with Gasteiger partial charge in [0, 0.05) is 67.6 Å².